The molecule has 3 nitrogen and oxygen atoms in total. The highest BCUT2D eigenvalue weighted by atomic mass is 79.9. The van der Waals surface area contributed by atoms with Crippen LogP contribution < -0.4 is 0 Å². The highest BCUT2D eigenvalue weighted by Crippen LogP contribution is 2.19. The Bertz CT molecular complexity index is 417. The van der Waals surface area contributed by atoms with Gasteiger partial charge >= 0.3 is 0 Å². The van der Waals surface area contributed by atoms with Crippen molar-refractivity contribution >= 4 is 27.6 Å². The van der Waals surface area contributed by atoms with E-state index < -0.39 is 0 Å². The zero-order valence-corrected chi connectivity index (χ0v) is 9.66. The maximum atomic E-state index is 12.0. The molecule has 15 heavy (non-hydrogen) atoms. The van der Waals surface area contributed by atoms with Gasteiger partial charge in [0, 0.05) is 17.4 Å². The standard InChI is InChI=1S/C11H10BrNO2/c12-10-4-2-1-3-9(10)11(15)13-6-5-8(14)7-13/h1-4H,5-7H2. The van der Waals surface area contributed by atoms with E-state index in [9.17, 15) is 9.59 Å². The zero-order valence-electron chi connectivity index (χ0n) is 8.07. The van der Waals surface area contributed by atoms with Gasteiger partial charge in [-0.3, -0.25) is 9.59 Å². The number of halogens is 1. The second-order valence-corrected chi connectivity index (χ2v) is 4.35. The number of amides is 1. The molecule has 0 aliphatic carbocycles. The van der Waals surface area contributed by atoms with Crippen molar-refractivity contribution in [1.29, 1.82) is 0 Å². The first-order valence-electron chi connectivity index (χ1n) is 4.74. The average molecular weight is 268 g/mol. The Hall–Kier alpha value is -1.16. The van der Waals surface area contributed by atoms with E-state index in [1.165, 1.54) is 0 Å². The van der Waals surface area contributed by atoms with Gasteiger partial charge in [0.15, 0.2) is 5.78 Å². The van der Waals surface area contributed by atoms with Crippen LogP contribution in [-0.2, 0) is 4.79 Å². The lowest BCUT2D eigenvalue weighted by Crippen LogP contribution is -2.28. The van der Waals surface area contributed by atoms with Crippen molar-refractivity contribution in [2.45, 2.75) is 6.42 Å². The Labute approximate surface area is 96.2 Å². The molecule has 1 aliphatic rings. The van der Waals surface area contributed by atoms with E-state index in [0.717, 1.165) is 4.47 Å². The van der Waals surface area contributed by atoms with Crippen LogP contribution in [0.4, 0.5) is 0 Å². The molecule has 0 bridgehead atoms. The molecule has 1 fully saturated rings. The third-order valence-electron chi connectivity index (χ3n) is 2.42. The fourth-order valence-electron chi connectivity index (χ4n) is 1.61. The van der Waals surface area contributed by atoms with E-state index in [4.69, 9.17) is 0 Å². The third kappa shape index (κ3) is 2.09. The summed E-state index contributed by atoms with van der Waals surface area (Å²) in [6, 6.07) is 7.26. The maximum absolute atomic E-state index is 12.0. The molecule has 1 aliphatic heterocycles. The Morgan fingerprint density at radius 1 is 1.33 bits per heavy atom. The van der Waals surface area contributed by atoms with Gasteiger partial charge in [-0.15, -0.1) is 0 Å². The van der Waals surface area contributed by atoms with Crippen molar-refractivity contribution < 1.29 is 9.59 Å². The summed E-state index contributed by atoms with van der Waals surface area (Å²) < 4.78 is 0.773. The Kier molecular flexibility index (Phi) is 2.86. The number of rotatable bonds is 1. The quantitative estimate of drug-likeness (QED) is 0.779. The summed E-state index contributed by atoms with van der Waals surface area (Å²) in [5.41, 5.74) is 0.618. The van der Waals surface area contributed by atoms with Crippen LogP contribution in [-0.4, -0.2) is 29.7 Å². The van der Waals surface area contributed by atoms with E-state index in [0.29, 0.717) is 18.5 Å². The fraction of sp³-hybridized carbons (Fsp3) is 0.273. The van der Waals surface area contributed by atoms with Gasteiger partial charge < -0.3 is 4.90 Å². The Morgan fingerprint density at radius 2 is 2.07 bits per heavy atom. The first-order chi connectivity index (χ1) is 7.18. The molecule has 0 aromatic heterocycles. The van der Waals surface area contributed by atoms with Gasteiger partial charge in [0.2, 0.25) is 0 Å². The summed E-state index contributed by atoms with van der Waals surface area (Å²) >= 11 is 3.33. The van der Waals surface area contributed by atoms with Gasteiger partial charge in [-0.1, -0.05) is 12.1 Å². The molecule has 4 heteroatoms. The van der Waals surface area contributed by atoms with Crippen LogP contribution in [0, 0.1) is 0 Å². The van der Waals surface area contributed by atoms with Crippen molar-refractivity contribution in [3.63, 3.8) is 0 Å². The van der Waals surface area contributed by atoms with Crippen molar-refractivity contribution in [1.82, 2.24) is 4.90 Å². The lowest BCUT2D eigenvalue weighted by molar-refractivity contribution is -0.116. The van der Waals surface area contributed by atoms with Gasteiger partial charge in [-0.2, -0.15) is 0 Å². The topological polar surface area (TPSA) is 37.4 Å². The minimum atomic E-state index is -0.0756. The molecular weight excluding hydrogens is 258 g/mol. The lowest BCUT2D eigenvalue weighted by Gasteiger charge is -2.14. The first-order valence-corrected chi connectivity index (χ1v) is 5.53. The molecule has 0 saturated carbocycles. The summed E-state index contributed by atoms with van der Waals surface area (Å²) in [4.78, 5) is 24.6. The Balaban J connectivity index is 2.21. The molecule has 0 atom stereocenters. The second kappa shape index (κ2) is 4.14. The third-order valence-corrected chi connectivity index (χ3v) is 3.11. The van der Waals surface area contributed by atoms with Gasteiger partial charge in [0.1, 0.15) is 0 Å². The van der Waals surface area contributed by atoms with E-state index in [1.54, 1.807) is 11.0 Å². The van der Waals surface area contributed by atoms with Crippen LogP contribution in [0.3, 0.4) is 0 Å². The van der Waals surface area contributed by atoms with Crippen molar-refractivity contribution in [2.75, 3.05) is 13.1 Å². The van der Waals surface area contributed by atoms with Crippen molar-refractivity contribution in [3.8, 4) is 0 Å². The number of benzene rings is 1. The highest BCUT2D eigenvalue weighted by molar-refractivity contribution is 9.10. The number of ketones is 1. The van der Waals surface area contributed by atoms with Crippen LogP contribution in [0.25, 0.3) is 0 Å². The van der Waals surface area contributed by atoms with Crippen LogP contribution in [0.1, 0.15) is 16.8 Å². The number of carbonyl (C=O) groups is 2. The molecule has 0 unspecified atom stereocenters. The molecule has 1 heterocycles. The van der Waals surface area contributed by atoms with Gasteiger partial charge in [0.05, 0.1) is 12.1 Å². The molecule has 1 saturated heterocycles. The minimum Gasteiger partial charge on any atom is -0.331 e. The largest absolute Gasteiger partial charge is 0.331 e. The second-order valence-electron chi connectivity index (χ2n) is 3.50. The highest BCUT2D eigenvalue weighted by Gasteiger charge is 2.25. The van der Waals surface area contributed by atoms with Gasteiger partial charge in [-0.25, -0.2) is 0 Å². The Morgan fingerprint density at radius 3 is 2.67 bits per heavy atom. The molecule has 0 radical (unpaired) electrons. The van der Waals surface area contributed by atoms with Crippen molar-refractivity contribution in [3.05, 3.63) is 34.3 Å². The minimum absolute atomic E-state index is 0.0756. The molecule has 1 aromatic rings. The molecule has 2 rings (SSSR count). The number of likely N-dealkylation sites (tertiary alicyclic amines) is 1. The normalized spacial score (nSPS) is 15.8. The molecule has 0 spiro atoms. The van der Waals surface area contributed by atoms with Crippen LogP contribution in [0.5, 0.6) is 0 Å². The van der Waals surface area contributed by atoms with Gasteiger partial charge in [0.25, 0.3) is 5.91 Å². The summed E-state index contributed by atoms with van der Waals surface area (Å²) in [5, 5.41) is 0. The number of carbonyl (C=O) groups excluding carboxylic acids is 2. The zero-order chi connectivity index (χ0) is 10.8. The monoisotopic (exact) mass is 267 g/mol. The van der Waals surface area contributed by atoms with Crippen LogP contribution in [0.2, 0.25) is 0 Å². The number of hydrogen-bond acceptors (Lipinski definition) is 2. The average Bonchev–Trinajstić information content (AvgIpc) is 2.65. The first kappa shape index (κ1) is 10.4. The van der Waals surface area contributed by atoms with Gasteiger partial charge in [-0.05, 0) is 28.1 Å². The van der Waals surface area contributed by atoms with E-state index in [1.807, 2.05) is 18.2 Å². The van der Waals surface area contributed by atoms with Crippen LogP contribution >= 0.6 is 15.9 Å². The van der Waals surface area contributed by atoms with E-state index in [2.05, 4.69) is 15.9 Å². The molecule has 0 N–H and O–H groups in total. The molecular formula is C11H10BrNO2. The summed E-state index contributed by atoms with van der Waals surface area (Å²) in [5.74, 6) is 0.0590. The molecule has 1 aromatic carbocycles. The molecule has 1 amide bonds. The van der Waals surface area contributed by atoms with E-state index >= 15 is 0 Å². The summed E-state index contributed by atoms with van der Waals surface area (Å²) in [7, 11) is 0. The lowest BCUT2D eigenvalue weighted by atomic mass is 10.2. The smallest absolute Gasteiger partial charge is 0.255 e. The predicted molar refractivity (Wildman–Crippen MR) is 59.7 cm³/mol. The maximum Gasteiger partial charge on any atom is 0.255 e. The summed E-state index contributed by atoms with van der Waals surface area (Å²) in [6.45, 7) is 0.791. The SMILES string of the molecule is O=C1CCN(C(=O)c2ccccc2Br)C1. The van der Waals surface area contributed by atoms with Crippen LogP contribution in [0.15, 0.2) is 28.7 Å². The predicted octanol–water partition coefficient (Wildman–Crippen LogP) is 1.86. The number of Topliss-reactive ketones (excluding diaryl/α,β-unsaturated/α-hetero) is 1. The fourth-order valence-corrected chi connectivity index (χ4v) is 2.06. The van der Waals surface area contributed by atoms with E-state index in [-0.39, 0.29) is 18.2 Å². The number of nitrogens with zero attached hydrogens (tertiary/aromatic N) is 1. The number of hydrogen-bond donors (Lipinski definition) is 0. The molecule has 78 valence electrons. The summed E-state index contributed by atoms with van der Waals surface area (Å²) in [6.07, 6.45) is 0.482. The van der Waals surface area contributed by atoms with Crippen molar-refractivity contribution in [2.24, 2.45) is 0 Å².